The Hall–Kier alpha value is -1.02. The van der Waals surface area contributed by atoms with Crippen molar-refractivity contribution >= 4 is 0 Å². The molecule has 0 radical (unpaired) electrons. The van der Waals surface area contributed by atoms with Crippen LogP contribution in [0.3, 0.4) is 0 Å². The molecule has 2 rings (SSSR count). The van der Waals surface area contributed by atoms with Gasteiger partial charge in [-0.25, -0.2) is 0 Å². The smallest absolute Gasteiger partial charge is 0.139 e. The first-order chi connectivity index (χ1) is 11.3. The minimum absolute atomic E-state index is 0.00582. The van der Waals surface area contributed by atoms with E-state index < -0.39 is 0 Å². The first kappa shape index (κ1) is 18.3. The van der Waals surface area contributed by atoms with Crippen molar-refractivity contribution in [3.63, 3.8) is 0 Å². The van der Waals surface area contributed by atoms with Gasteiger partial charge in [-0.3, -0.25) is 0 Å². The molecule has 0 aromatic heterocycles. The number of hydrogen-bond donors (Lipinski definition) is 0. The maximum atomic E-state index is 9.61. The Morgan fingerprint density at radius 2 is 1.00 bits per heavy atom. The van der Waals surface area contributed by atoms with Gasteiger partial charge in [0.05, 0.1) is 12.1 Å². The first-order valence-electron chi connectivity index (χ1n) is 10.1. The van der Waals surface area contributed by atoms with Crippen LogP contribution >= 0.6 is 0 Å². The molecule has 2 nitrogen and oxygen atoms in total. The van der Waals surface area contributed by atoms with Crippen LogP contribution in [-0.2, 0) is 0 Å². The third-order valence-electron chi connectivity index (χ3n) is 6.54. The van der Waals surface area contributed by atoms with Gasteiger partial charge in [-0.05, 0) is 31.6 Å². The van der Waals surface area contributed by atoms with Crippen LogP contribution in [0.1, 0.15) is 103 Å². The lowest BCUT2D eigenvalue weighted by Gasteiger charge is -2.45. The second kappa shape index (κ2) is 9.97. The first-order valence-corrected chi connectivity index (χ1v) is 10.1. The van der Waals surface area contributed by atoms with Crippen LogP contribution < -0.4 is 0 Å². The van der Waals surface area contributed by atoms with Crippen LogP contribution in [0.15, 0.2) is 0 Å². The molecule has 0 heterocycles. The Morgan fingerprint density at radius 3 is 1.43 bits per heavy atom. The van der Waals surface area contributed by atoms with Crippen molar-refractivity contribution in [2.45, 2.75) is 103 Å². The zero-order chi connectivity index (χ0) is 16.4. The lowest BCUT2D eigenvalue weighted by atomic mass is 9.57. The molecule has 0 aliphatic heterocycles. The molecule has 2 fully saturated rings. The summed E-state index contributed by atoms with van der Waals surface area (Å²) in [4.78, 5) is 0. The van der Waals surface area contributed by atoms with Crippen LogP contribution in [0.25, 0.3) is 0 Å². The molecule has 128 valence electrons. The minimum atomic E-state index is -0.388. The maximum absolute atomic E-state index is 9.61. The molecule has 2 heteroatoms. The van der Waals surface area contributed by atoms with Gasteiger partial charge in [0.25, 0.3) is 0 Å². The van der Waals surface area contributed by atoms with Gasteiger partial charge in [-0.1, -0.05) is 77.0 Å². The standard InChI is InChI=1S/C21H34N2/c22-17-20(18-23)21(15-11-8-12-16-21)19-13-9-6-4-2-1-3-5-7-10-14-19/h19-20H,1-16H2. The molecule has 0 spiro atoms. The van der Waals surface area contributed by atoms with E-state index in [1.165, 1.54) is 89.9 Å². The predicted octanol–water partition coefficient (Wildman–Crippen LogP) is 6.52. The highest BCUT2D eigenvalue weighted by atomic mass is 14.5. The summed E-state index contributed by atoms with van der Waals surface area (Å²) in [6.07, 6.45) is 20.7. The van der Waals surface area contributed by atoms with Crippen LogP contribution in [-0.4, -0.2) is 0 Å². The van der Waals surface area contributed by atoms with E-state index in [9.17, 15) is 10.5 Å². The fourth-order valence-electron chi connectivity index (χ4n) is 5.17. The third kappa shape index (κ3) is 4.97. The van der Waals surface area contributed by atoms with E-state index in [0.29, 0.717) is 5.92 Å². The molecule has 0 amide bonds. The summed E-state index contributed by atoms with van der Waals surface area (Å²) in [5.41, 5.74) is 0.00582. The van der Waals surface area contributed by atoms with Crippen molar-refractivity contribution < 1.29 is 0 Å². The zero-order valence-electron chi connectivity index (χ0n) is 14.9. The van der Waals surface area contributed by atoms with Crippen LogP contribution in [0.4, 0.5) is 0 Å². The second-order valence-electron chi connectivity index (χ2n) is 7.94. The fraction of sp³-hybridized carbons (Fsp3) is 0.905. The second-order valence-corrected chi connectivity index (χ2v) is 7.94. The van der Waals surface area contributed by atoms with E-state index in [-0.39, 0.29) is 11.3 Å². The summed E-state index contributed by atoms with van der Waals surface area (Å²) >= 11 is 0. The molecule has 2 aliphatic rings. The number of nitrogens with zero attached hydrogens (tertiary/aromatic N) is 2. The van der Waals surface area contributed by atoms with Crippen molar-refractivity contribution in [3.05, 3.63) is 0 Å². The fourth-order valence-corrected chi connectivity index (χ4v) is 5.17. The highest BCUT2D eigenvalue weighted by Gasteiger charge is 2.45. The molecular weight excluding hydrogens is 280 g/mol. The normalized spacial score (nSPS) is 24.8. The molecule has 0 bridgehead atoms. The van der Waals surface area contributed by atoms with Crippen molar-refractivity contribution in [1.82, 2.24) is 0 Å². The molecule has 0 atom stereocenters. The number of hydrogen-bond acceptors (Lipinski definition) is 2. The quantitative estimate of drug-likeness (QED) is 0.582. The summed E-state index contributed by atoms with van der Waals surface area (Å²) < 4.78 is 0. The van der Waals surface area contributed by atoms with E-state index >= 15 is 0 Å². The van der Waals surface area contributed by atoms with Crippen LogP contribution in [0, 0.1) is 39.9 Å². The van der Waals surface area contributed by atoms with E-state index in [0.717, 1.165) is 12.8 Å². The monoisotopic (exact) mass is 314 g/mol. The molecule has 0 unspecified atom stereocenters. The highest BCUT2D eigenvalue weighted by Crippen LogP contribution is 2.51. The van der Waals surface area contributed by atoms with E-state index in [1.807, 2.05) is 0 Å². The van der Waals surface area contributed by atoms with Crippen molar-refractivity contribution in [2.75, 3.05) is 0 Å². The highest BCUT2D eigenvalue weighted by molar-refractivity contribution is 5.11. The zero-order valence-corrected chi connectivity index (χ0v) is 14.9. The molecule has 0 aromatic carbocycles. The van der Waals surface area contributed by atoms with Crippen molar-refractivity contribution in [3.8, 4) is 12.1 Å². The lowest BCUT2D eigenvalue weighted by molar-refractivity contribution is 0.0549. The predicted molar refractivity (Wildman–Crippen MR) is 94.5 cm³/mol. The number of nitriles is 2. The number of rotatable bonds is 2. The lowest BCUT2D eigenvalue weighted by Crippen LogP contribution is -2.39. The van der Waals surface area contributed by atoms with Gasteiger partial charge >= 0.3 is 0 Å². The Labute approximate surface area is 143 Å². The summed E-state index contributed by atoms with van der Waals surface area (Å²) in [6, 6.07) is 4.77. The molecule has 0 saturated heterocycles. The Bertz CT molecular complexity index is 383. The molecule has 2 aliphatic carbocycles. The van der Waals surface area contributed by atoms with Crippen molar-refractivity contribution in [2.24, 2.45) is 17.3 Å². The van der Waals surface area contributed by atoms with E-state index in [1.54, 1.807) is 0 Å². The van der Waals surface area contributed by atoms with Gasteiger partial charge < -0.3 is 0 Å². The summed E-state index contributed by atoms with van der Waals surface area (Å²) in [5, 5.41) is 19.2. The van der Waals surface area contributed by atoms with Crippen molar-refractivity contribution in [1.29, 1.82) is 10.5 Å². The Balaban J connectivity index is 2.12. The molecule has 0 aromatic rings. The minimum Gasteiger partial charge on any atom is -0.197 e. The van der Waals surface area contributed by atoms with Gasteiger partial charge in [0, 0.05) is 5.41 Å². The average Bonchev–Trinajstić information content (AvgIpc) is 2.57. The summed E-state index contributed by atoms with van der Waals surface area (Å²) in [5.74, 6) is 0.215. The van der Waals surface area contributed by atoms with Gasteiger partial charge in [0.15, 0.2) is 0 Å². The maximum Gasteiger partial charge on any atom is 0.139 e. The van der Waals surface area contributed by atoms with Gasteiger partial charge in [0.1, 0.15) is 5.92 Å². The molecule has 2 saturated carbocycles. The van der Waals surface area contributed by atoms with Gasteiger partial charge in [-0.15, -0.1) is 0 Å². The SMILES string of the molecule is N#CC(C#N)C1(C2CCCCCCCCCCC2)CCCCC1. The van der Waals surface area contributed by atoms with E-state index in [2.05, 4.69) is 12.1 Å². The Kier molecular flexibility index (Phi) is 7.94. The topological polar surface area (TPSA) is 47.6 Å². The molecule has 23 heavy (non-hydrogen) atoms. The largest absolute Gasteiger partial charge is 0.197 e. The summed E-state index contributed by atoms with van der Waals surface area (Å²) in [6.45, 7) is 0. The molecule has 0 N–H and O–H groups in total. The third-order valence-corrected chi connectivity index (χ3v) is 6.54. The summed E-state index contributed by atoms with van der Waals surface area (Å²) in [7, 11) is 0. The van der Waals surface area contributed by atoms with Crippen LogP contribution in [0.5, 0.6) is 0 Å². The Morgan fingerprint density at radius 1 is 0.609 bits per heavy atom. The van der Waals surface area contributed by atoms with Crippen LogP contribution in [0.2, 0.25) is 0 Å². The van der Waals surface area contributed by atoms with Gasteiger partial charge in [-0.2, -0.15) is 10.5 Å². The van der Waals surface area contributed by atoms with Gasteiger partial charge in [0.2, 0.25) is 0 Å². The molecular formula is C21H34N2. The average molecular weight is 315 g/mol. The van der Waals surface area contributed by atoms with E-state index in [4.69, 9.17) is 0 Å².